The Labute approximate surface area is 89.9 Å². The van der Waals surface area contributed by atoms with E-state index in [1.807, 2.05) is 0 Å². The van der Waals surface area contributed by atoms with Crippen molar-refractivity contribution in [3.8, 4) is 0 Å². The highest BCUT2D eigenvalue weighted by Crippen LogP contribution is 2.19. The molecule has 0 heterocycles. The summed E-state index contributed by atoms with van der Waals surface area (Å²) in [5, 5.41) is 2.50. The summed E-state index contributed by atoms with van der Waals surface area (Å²) < 4.78 is 13.7. The van der Waals surface area contributed by atoms with Crippen LogP contribution in [0.15, 0.2) is 35.3 Å². The first-order chi connectivity index (χ1) is 6.66. The molecule has 1 amide bonds. The van der Waals surface area contributed by atoms with Gasteiger partial charge in [0.25, 0.3) is 5.91 Å². The smallest absolute Gasteiger partial charge is 0.255 e. The van der Waals surface area contributed by atoms with Crippen LogP contribution in [0.3, 0.4) is 0 Å². The number of halogens is 2. The molecule has 1 rings (SSSR count). The number of hydrogen-bond donors (Lipinski definition) is 1. The molecular formula is C10H9BrFNO. The number of nitrogens with one attached hydrogen (secondary N) is 1. The Hall–Kier alpha value is -1.16. The number of hydrogen-bond acceptors (Lipinski definition) is 1. The van der Waals surface area contributed by atoms with Gasteiger partial charge in [0, 0.05) is 11.0 Å². The molecule has 0 saturated heterocycles. The summed E-state index contributed by atoms with van der Waals surface area (Å²) in [5.74, 6) is -0.990. The topological polar surface area (TPSA) is 29.1 Å². The fourth-order valence-electron chi connectivity index (χ4n) is 0.968. The molecule has 0 aliphatic rings. The molecular weight excluding hydrogens is 249 g/mol. The molecule has 0 atom stereocenters. The van der Waals surface area contributed by atoms with Gasteiger partial charge in [-0.2, -0.15) is 0 Å². The summed E-state index contributed by atoms with van der Waals surface area (Å²) in [4.78, 5) is 11.4. The van der Waals surface area contributed by atoms with Crippen molar-refractivity contribution in [1.29, 1.82) is 0 Å². The summed E-state index contributed by atoms with van der Waals surface area (Å²) in [6.45, 7) is 3.77. The molecule has 1 aromatic rings. The second-order valence-electron chi connectivity index (χ2n) is 2.60. The summed E-state index contributed by atoms with van der Waals surface area (Å²) in [6.07, 6.45) is 1.53. The Balaban J connectivity index is 2.94. The van der Waals surface area contributed by atoms with Crippen LogP contribution in [-0.2, 0) is 0 Å². The average molecular weight is 258 g/mol. The summed E-state index contributed by atoms with van der Waals surface area (Å²) in [5.41, 5.74) is 0.0225. The highest BCUT2D eigenvalue weighted by Gasteiger charge is 2.13. The monoisotopic (exact) mass is 257 g/mol. The lowest BCUT2D eigenvalue weighted by Gasteiger charge is -2.05. The minimum Gasteiger partial charge on any atom is -0.348 e. The van der Waals surface area contributed by atoms with Crippen LogP contribution < -0.4 is 5.32 Å². The van der Waals surface area contributed by atoms with Gasteiger partial charge in [0.15, 0.2) is 0 Å². The molecule has 0 aliphatic carbocycles. The number of rotatable bonds is 3. The first kappa shape index (κ1) is 10.9. The van der Waals surface area contributed by atoms with Crippen LogP contribution in [0.5, 0.6) is 0 Å². The first-order valence-electron chi connectivity index (χ1n) is 4.00. The van der Waals surface area contributed by atoms with Crippen molar-refractivity contribution >= 4 is 21.8 Å². The molecule has 14 heavy (non-hydrogen) atoms. The van der Waals surface area contributed by atoms with Crippen LogP contribution in [0, 0.1) is 5.82 Å². The van der Waals surface area contributed by atoms with Gasteiger partial charge in [0.05, 0.1) is 5.56 Å². The summed E-state index contributed by atoms with van der Waals surface area (Å²) in [6, 6.07) is 4.39. The van der Waals surface area contributed by atoms with E-state index in [4.69, 9.17) is 0 Å². The first-order valence-corrected chi connectivity index (χ1v) is 4.79. The lowest BCUT2D eigenvalue weighted by atomic mass is 10.2. The minimum atomic E-state index is -0.541. The predicted molar refractivity (Wildman–Crippen MR) is 56.6 cm³/mol. The molecule has 4 heteroatoms. The minimum absolute atomic E-state index is 0.0225. The molecule has 1 aromatic carbocycles. The van der Waals surface area contributed by atoms with Crippen molar-refractivity contribution in [2.24, 2.45) is 0 Å². The number of benzene rings is 1. The van der Waals surface area contributed by atoms with Gasteiger partial charge in [-0.15, -0.1) is 6.58 Å². The van der Waals surface area contributed by atoms with E-state index in [2.05, 4.69) is 27.8 Å². The van der Waals surface area contributed by atoms with Crippen molar-refractivity contribution in [2.45, 2.75) is 0 Å². The van der Waals surface area contributed by atoms with Crippen LogP contribution in [-0.4, -0.2) is 12.5 Å². The maximum Gasteiger partial charge on any atom is 0.255 e. The maximum absolute atomic E-state index is 13.2. The van der Waals surface area contributed by atoms with Crippen molar-refractivity contribution in [3.05, 3.63) is 46.7 Å². The van der Waals surface area contributed by atoms with E-state index < -0.39 is 11.7 Å². The van der Waals surface area contributed by atoms with E-state index in [0.29, 0.717) is 11.0 Å². The SMILES string of the molecule is C=CCNC(=O)c1c(F)cccc1Br. The van der Waals surface area contributed by atoms with E-state index in [1.54, 1.807) is 6.07 Å². The molecule has 2 nitrogen and oxygen atoms in total. The third-order valence-electron chi connectivity index (χ3n) is 1.60. The Morgan fingerprint density at radius 2 is 2.36 bits per heavy atom. The molecule has 1 N–H and O–H groups in total. The van der Waals surface area contributed by atoms with Crippen LogP contribution in [0.25, 0.3) is 0 Å². The van der Waals surface area contributed by atoms with Crippen molar-refractivity contribution in [3.63, 3.8) is 0 Å². The van der Waals surface area contributed by atoms with Crippen molar-refractivity contribution < 1.29 is 9.18 Å². The summed E-state index contributed by atoms with van der Waals surface area (Å²) >= 11 is 3.11. The maximum atomic E-state index is 13.2. The molecule has 0 spiro atoms. The highest BCUT2D eigenvalue weighted by atomic mass is 79.9. The Morgan fingerprint density at radius 3 is 2.93 bits per heavy atom. The van der Waals surface area contributed by atoms with E-state index in [9.17, 15) is 9.18 Å². The average Bonchev–Trinajstić information content (AvgIpc) is 2.14. The van der Waals surface area contributed by atoms with Gasteiger partial charge in [-0.05, 0) is 28.1 Å². The zero-order valence-corrected chi connectivity index (χ0v) is 8.97. The van der Waals surface area contributed by atoms with E-state index in [1.165, 1.54) is 18.2 Å². The molecule has 0 saturated carbocycles. The third kappa shape index (κ3) is 2.42. The zero-order chi connectivity index (χ0) is 10.6. The standard InChI is InChI=1S/C10H9BrFNO/c1-2-6-13-10(14)9-7(11)4-3-5-8(9)12/h2-5H,1,6H2,(H,13,14). The van der Waals surface area contributed by atoms with Crippen molar-refractivity contribution in [2.75, 3.05) is 6.54 Å². The van der Waals surface area contributed by atoms with E-state index >= 15 is 0 Å². The van der Waals surface area contributed by atoms with Gasteiger partial charge in [-0.25, -0.2) is 4.39 Å². The van der Waals surface area contributed by atoms with Gasteiger partial charge in [-0.3, -0.25) is 4.79 Å². The molecule has 74 valence electrons. The third-order valence-corrected chi connectivity index (χ3v) is 2.26. The van der Waals surface area contributed by atoms with Gasteiger partial charge in [-0.1, -0.05) is 12.1 Å². The lowest BCUT2D eigenvalue weighted by Crippen LogP contribution is -2.24. The van der Waals surface area contributed by atoms with Gasteiger partial charge in [0.2, 0.25) is 0 Å². The number of carbonyl (C=O) groups is 1. The van der Waals surface area contributed by atoms with Gasteiger partial charge < -0.3 is 5.32 Å². The number of carbonyl (C=O) groups excluding carboxylic acids is 1. The Bertz CT molecular complexity index is 345. The fourth-order valence-corrected chi connectivity index (χ4v) is 1.49. The van der Waals surface area contributed by atoms with Crippen molar-refractivity contribution in [1.82, 2.24) is 5.32 Å². The highest BCUT2D eigenvalue weighted by molar-refractivity contribution is 9.10. The van der Waals surface area contributed by atoms with Crippen LogP contribution in [0.1, 0.15) is 10.4 Å². The molecule has 0 radical (unpaired) electrons. The molecule has 0 unspecified atom stereocenters. The second kappa shape index (κ2) is 4.91. The molecule has 0 fully saturated rings. The van der Waals surface area contributed by atoms with E-state index in [0.717, 1.165) is 0 Å². The lowest BCUT2D eigenvalue weighted by molar-refractivity contribution is 0.0953. The fraction of sp³-hybridized carbons (Fsp3) is 0.100. The van der Waals surface area contributed by atoms with E-state index in [-0.39, 0.29) is 5.56 Å². The Kier molecular flexibility index (Phi) is 3.83. The summed E-state index contributed by atoms with van der Waals surface area (Å²) in [7, 11) is 0. The van der Waals surface area contributed by atoms with Crippen LogP contribution >= 0.6 is 15.9 Å². The van der Waals surface area contributed by atoms with Gasteiger partial charge >= 0.3 is 0 Å². The second-order valence-corrected chi connectivity index (χ2v) is 3.45. The predicted octanol–water partition coefficient (Wildman–Crippen LogP) is 2.50. The molecule has 0 aliphatic heterocycles. The van der Waals surface area contributed by atoms with Gasteiger partial charge in [0.1, 0.15) is 5.82 Å². The zero-order valence-electron chi connectivity index (χ0n) is 7.39. The van der Waals surface area contributed by atoms with Crippen LogP contribution in [0.2, 0.25) is 0 Å². The molecule has 0 bridgehead atoms. The number of amides is 1. The Morgan fingerprint density at radius 1 is 1.64 bits per heavy atom. The molecule has 0 aromatic heterocycles. The van der Waals surface area contributed by atoms with Crippen LogP contribution in [0.4, 0.5) is 4.39 Å². The largest absolute Gasteiger partial charge is 0.348 e. The quantitative estimate of drug-likeness (QED) is 0.829. The normalized spacial score (nSPS) is 9.57.